The number of amides is 1. The Morgan fingerprint density at radius 1 is 1.39 bits per heavy atom. The molecule has 2 aromatic heterocycles. The maximum atomic E-state index is 12.5. The summed E-state index contributed by atoms with van der Waals surface area (Å²) in [5.74, 6) is -0.592. The highest BCUT2D eigenvalue weighted by Gasteiger charge is 2.25. The Bertz CT molecular complexity index is 867. The van der Waals surface area contributed by atoms with Crippen LogP contribution in [0.5, 0.6) is 0 Å². The number of aromatic nitrogens is 2. The lowest BCUT2D eigenvalue weighted by molar-refractivity contribution is 0.102. The highest BCUT2D eigenvalue weighted by molar-refractivity contribution is 6.11. The minimum Gasteiger partial charge on any atom is -0.318 e. The molecule has 1 N–H and O–H groups in total. The van der Waals surface area contributed by atoms with Gasteiger partial charge in [-0.25, -0.2) is 9.97 Å². The van der Waals surface area contributed by atoms with E-state index in [1.54, 1.807) is 0 Å². The molecule has 0 saturated carbocycles. The van der Waals surface area contributed by atoms with Gasteiger partial charge >= 0.3 is 0 Å². The lowest BCUT2D eigenvalue weighted by atomic mass is 10.2. The van der Waals surface area contributed by atoms with Crippen LogP contribution in [-0.2, 0) is 0 Å². The zero-order chi connectivity index (χ0) is 17.8. The van der Waals surface area contributed by atoms with Crippen LogP contribution in [0.3, 0.4) is 0 Å². The van der Waals surface area contributed by atoms with Gasteiger partial charge in [0.1, 0.15) is 5.82 Å². The molecule has 2 aromatic rings. The quantitative estimate of drug-likeness (QED) is 0.773. The SMILES string of the molecule is [2H]c1ccnc2c1C(=O)Nc1c(nc([2H])c([2H])c1C([2H])([2H])[2H])N2C. The number of carbonyl (C=O) groups is 1. The molecule has 3 heterocycles. The molecule has 5 heteroatoms. The number of pyridine rings is 2. The van der Waals surface area contributed by atoms with Crippen LogP contribution < -0.4 is 10.2 Å². The normalized spacial score (nSPS) is 18.9. The summed E-state index contributed by atoms with van der Waals surface area (Å²) in [6.45, 7) is -2.72. The predicted molar refractivity (Wildman–Crippen MR) is 69.2 cm³/mol. The summed E-state index contributed by atoms with van der Waals surface area (Å²) >= 11 is 0. The molecule has 0 radical (unpaired) electrons. The van der Waals surface area contributed by atoms with Crippen LogP contribution >= 0.6 is 0 Å². The molecular weight excluding hydrogens is 228 g/mol. The van der Waals surface area contributed by atoms with Gasteiger partial charge in [-0.05, 0) is 30.6 Å². The molecule has 5 nitrogen and oxygen atoms in total. The Kier molecular flexibility index (Phi) is 1.26. The monoisotopic (exact) mass is 246 g/mol. The zero-order valence-electron chi connectivity index (χ0n) is 15.4. The van der Waals surface area contributed by atoms with Crippen molar-refractivity contribution in [3.05, 3.63) is 41.6 Å². The van der Waals surface area contributed by atoms with Crippen LogP contribution in [-0.4, -0.2) is 22.9 Å². The van der Waals surface area contributed by atoms with Gasteiger partial charge in [-0.3, -0.25) is 4.79 Å². The van der Waals surface area contributed by atoms with Gasteiger partial charge < -0.3 is 10.2 Å². The van der Waals surface area contributed by atoms with Crippen molar-refractivity contribution in [2.24, 2.45) is 0 Å². The van der Waals surface area contributed by atoms with Crippen LogP contribution in [0.25, 0.3) is 0 Å². The van der Waals surface area contributed by atoms with Crippen molar-refractivity contribution in [1.29, 1.82) is 0 Å². The Morgan fingerprint density at radius 3 is 3.11 bits per heavy atom. The first-order valence-corrected chi connectivity index (χ1v) is 5.15. The molecule has 0 atom stereocenters. The Labute approximate surface area is 113 Å². The fourth-order valence-corrected chi connectivity index (χ4v) is 1.78. The Balaban J connectivity index is 2.38. The van der Waals surface area contributed by atoms with Gasteiger partial charge in [-0.15, -0.1) is 0 Å². The van der Waals surface area contributed by atoms with Crippen molar-refractivity contribution in [1.82, 2.24) is 9.97 Å². The number of nitrogens with one attached hydrogen (secondary N) is 1. The van der Waals surface area contributed by atoms with E-state index in [-0.39, 0.29) is 28.9 Å². The fourth-order valence-electron chi connectivity index (χ4n) is 1.78. The van der Waals surface area contributed by atoms with Gasteiger partial charge in [0, 0.05) is 23.5 Å². The lowest BCUT2D eigenvalue weighted by Gasteiger charge is -2.18. The summed E-state index contributed by atoms with van der Waals surface area (Å²) in [5, 5.41) is 2.43. The summed E-state index contributed by atoms with van der Waals surface area (Å²) < 4.78 is 46.4. The van der Waals surface area contributed by atoms with E-state index in [0.717, 1.165) is 0 Å². The van der Waals surface area contributed by atoms with E-state index in [1.807, 2.05) is 0 Å². The van der Waals surface area contributed by atoms with E-state index in [9.17, 15) is 4.79 Å². The van der Waals surface area contributed by atoms with Crippen molar-refractivity contribution in [2.45, 2.75) is 6.85 Å². The molecule has 0 unspecified atom stereocenters. The van der Waals surface area contributed by atoms with E-state index < -0.39 is 30.5 Å². The number of hydrogen-bond donors (Lipinski definition) is 1. The van der Waals surface area contributed by atoms with E-state index >= 15 is 0 Å². The summed E-state index contributed by atoms with van der Waals surface area (Å²) in [6, 6.07) is 0.684. The Morgan fingerprint density at radius 2 is 2.28 bits per heavy atom. The van der Waals surface area contributed by atoms with Crippen LogP contribution in [0.4, 0.5) is 17.3 Å². The average molecular weight is 246 g/mol. The number of hydrogen-bond acceptors (Lipinski definition) is 4. The van der Waals surface area contributed by atoms with E-state index in [4.69, 9.17) is 8.22 Å². The molecule has 1 aliphatic heterocycles. The van der Waals surface area contributed by atoms with Crippen LogP contribution in [0, 0.1) is 6.85 Å². The largest absolute Gasteiger partial charge is 0.318 e. The molecule has 90 valence electrons. The average Bonchev–Trinajstić information content (AvgIpc) is 2.57. The molecule has 3 rings (SSSR count). The summed E-state index contributed by atoms with van der Waals surface area (Å²) in [5.41, 5.74) is -0.662. The van der Waals surface area contributed by atoms with Crippen molar-refractivity contribution in [2.75, 3.05) is 17.3 Å². The molecular formula is C13H12N4O. The first kappa shape index (κ1) is 5.95. The highest BCUT2D eigenvalue weighted by Crippen LogP contribution is 2.35. The molecule has 0 spiro atoms. The van der Waals surface area contributed by atoms with E-state index in [1.165, 1.54) is 24.2 Å². The first-order valence-electron chi connectivity index (χ1n) is 8.15. The molecule has 18 heavy (non-hydrogen) atoms. The van der Waals surface area contributed by atoms with Crippen LogP contribution in [0.2, 0.25) is 0 Å². The highest BCUT2D eigenvalue weighted by atomic mass is 16.1. The third-order valence-electron chi connectivity index (χ3n) is 2.64. The smallest absolute Gasteiger partial charge is 0.259 e. The molecule has 1 amide bonds. The fraction of sp³-hybridized carbons (Fsp3) is 0.154. The van der Waals surface area contributed by atoms with Gasteiger partial charge in [0.05, 0.1) is 15.4 Å². The second kappa shape index (κ2) is 3.80. The van der Waals surface area contributed by atoms with E-state index in [0.29, 0.717) is 0 Å². The third kappa shape index (κ3) is 1.44. The topological polar surface area (TPSA) is 58.1 Å². The number of fused-ring (bicyclic) bond motifs is 2. The van der Waals surface area contributed by atoms with Gasteiger partial charge in [0.15, 0.2) is 5.82 Å². The van der Waals surface area contributed by atoms with Gasteiger partial charge in [0.25, 0.3) is 5.91 Å². The van der Waals surface area contributed by atoms with Crippen LogP contribution in [0.15, 0.2) is 30.5 Å². The predicted octanol–water partition coefficient (Wildman–Crippen LogP) is 2.12. The zero-order valence-corrected chi connectivity index (χ0v) is 9.40. The Hall–Kier alpha value is -2.43. The minimum absolute atomic E-state index is 0.00711. The maximum absolute atomic E-state index is 12.5. The summed E-state index contributed by atoms with van der Waals surface area (Å²) in [6.07, 6.45) is 0.826. The first-order chi connectivity index (χ1) is 11.1. The van der Waals surface area contributed by atoms with Gasteiger partial charge in [-0.2, -0.15) is 0 Å². The summed E-state index contributed by atoms with van der Waals surface area (Å²) in [7, 11) is 1.50. The van der Waals surface area contributed by atoms with Crippen molar-refractivity contribution < 1.29 is 13.0 Å². The van der Waals surface area contributed by atoms with Gasteiger partial charge in [0.2, 0.25) is 0 Å². The molecule has 0 fully saturated rings. The van der Waals surface area contributed by atoms with Crippen LogP contribution in [0.1, 0.15) is 24.1 Å². The molecule has 0 aromatic carbocycles. The molecule has 0 aliphatic carbocycles. The lowest BCUT2D eigenvalue weighted by Crippen LogP contribution is -2.14. The van der Waals surface area contributed by atoms with Crippen molar-refractivity contribution in [3.63, 3.8) is 0 Å². The van der Waals surface area contributed by atoms with Crippen molar-refractivity contribution >= 4 is 23.2 Å². The third-order valence-corrected chi connectivity index (χ3v) is 2.64. The molecule has 0 bridgehead atoms. The van der Waals surface area contributed by atoms with E-state index in [2.05, 4.69) is 15.3 Å². The number of anilines is 3. The summed E-state index contributed by atoms with van der Waals surface area (Å²) in [4.78, 5) is 21.8. The number of carbonyl (C=O) groups excluding carboxylic acids is 1. The van der Waals surface area contributed by atoms with Crippen molar-refractivity contribution in [3.8, 4) is 0 Å². The number of rotatable bonds is 0. The van der Waals surface area contributed by atoms with Gasteiger partial charge in [-0.1, -0.05) is 0 Å². The second-order valence-electron chi connectivity index (χ2n) is 3.72. The molecule has 0 saturated heterocycles. The second-order valence-corrected chi connectivity index (χ2v) is 3.72. The standard InChI is InChI=1S/C13H12N4O/c1-8-5-7-15-12-10(8)16-13(18)9-4-3-6-14-11(9)17(12)2/h3-7H,1-2H3,(H,16,18)/i1D3,4D,5D,7D. The number of nitrogens with zero attached hydrogens (tertiary/aromatic N) is 3. The molecule has 1 aliphatic rings. The minimum atomic E-state index is -2.72. The maximum Gasteiger partial charge on any atom is 0.259 e.